The Morgan fingerprint density at radius 1 is 0.444 bits per heavy atom. The van der Waals surface area contributed by atoms with Crippen molar-refractivity contribution in [1.29, 1.82) is 0 Å². The molecular weight excluding hydrogens is 918 g/mol. The molecule has 72 heavy (non-hydrogen) atoms. The molecule has 2 unspecified atom stereocenters. The first-order valence-electron chi connectivity index (χ1n) is 29.6. The Morgan fingerprint density at radius 2 is 0.792 bits per heavy atom. The van der Waals surface area contributed by atoms with Crippen molar-refractivity contribution in [2.45, 2.75) is 264 Å². The molecule has 0 aromatic heterocycles. The number of unbranched alkanes of at least 4 members (excludes halogenated alkanes) is 28. The Bertz CT molecular complexity index is 1450. The molecule has 0 amide bonds. The van der Waals surface area contributed by atoms with E-state index in [1.165, 1.54) is 135 Å². The number of phosphoric acid groups is 1. The molecule has 0 aliphatic rings. The van der Waals surface area contributed by atoms with Gasteiger partial charge in [-0.15, -0.1) is 0 Å². The average Bonchev–Trinajstić information content (AvgIpc) is 3.34. The van der Waals surface area contributed by atoms with Gasteiger partial charge in [0, 0.05) is 12.8 Å². The van der Waals surface area contributed by atoms with Crippen LogP contribution in [-0.4, -0.2) is 70.0 Å². The Morgan fingerprint density at radius 3 is 1.18 bits per heavy atom. The molecule has 0 N–H and O–H groups in total. The molecule has 10 heteroatoms. The summed E-state index contributed by atoms with van der Waals surface area (Å²) in [6.07, 6.45) is 69.6. The number of likely N-dealkylation sites (N-methyl/N-ethyl adjacent to an activating group) is 1. The van der Waals surface area contributed by atoms with E-state index in [9.17, 15) is 19.0 Å². The quantitative estimate of drug-likeness (QED) is 0.0195. The molecule has 0 saturated carbocycles. The highest BCUT2D eigenvalue weighted by Crippen LogP contribution is 2.38. The molecule has 0 radical (unpaired) electrons. The predicted molar refractivity (Wildman–Crippen MR) is 305 cm³/mol. The van der Waals surface area contributed by atoms with Crippen LogP contribution in [0.5, 0.6) is 0 Å². The lowest BCUT2D eigenvalue weighted by Gasteiger charge is -2.28. The maximum Gasteiger partial charge on any atom is 0.306 e. The Balaban J connectivity index is 4.05. The predicted octanol–water partition coefficient (Wildman–Crippen LogP) is 17.8. The van der Waals surface area contributed by atoms with Crippen molar-refractivity contribution in [3.63, 3.8) is 0 Å². The van der Waals surface area contributed by atoms with Gasteiger partial charge in [0.2, 0.25) is 0 Å². The molecule has 2 atom stereocenters. The van der Waals surface area contributed by atoms with Gasteiger partial charge in [-0.05, 0) is 83.5 Å². The molecule has 0 aromatic rings. The lowest BCUT2D eigenvalue weighted by atomic mass is 10.0. The number of carbonyl (C=O) groups is 2. The van der Waals surface area contributed by atoms with Crippen LogP contribution in [0.4, 0.5) is 0 Å². The molecule has 0 fully saturated rings. The maximum absolute atomic E-state index is 12.8. The lowest BCUT2D eigenvalue weighted by Crippen LogP contribution is -2.37. The minimum Gasteiger partial charge on any atom is -0.756 e. The van der Waals surface area contributed by atoms with Crippen LogP contribution >= 0.6 is 7.82 Å². The molecule has 418 valence electrons. The van der Waals surface area contributed by atoms with Gasteiger partial charge >= 0.3 is 11.9 Å². The van der Waals surface area contributed by atoms with E-state index >= 15 is 0 Å². The third-order valence-corrected chi connectivity index (χ3v) is 13.7. The summed E-state index contributed by atoms with van der Waals surface area (Å²) in [5.74, 6) is -0.849. The van der Waals surface area contributed by atoms with E-state index in [1.807, 2.05) is 21.1 Å². The van der Waals surface area contributed by atoms with Crippen LogP contribution in [0.15, 0.2) is 72.9 Å². The number of carbonyl (C=O) groups excluding carboxylic acids is 2. The summed E-state index contributed by atoms with van der Waals surface area (Å²) in [6, 6.07) is 0. The fourth-order valence-electron chi connectivity index (χ4n) is 8.15. The third-order valence-electron chi connectivity index (χ3n) is 12.7. The van der Waals surface area contributed by atoms with Crippen LogP contribution in [0.2, 0.25) is 0 Å². The molecule has 0 rings (SSSR count). The van der Waals surface area contributed by atoms with Crippen LogP contribution in [0.25, 0.3) is 0 Å². The number of allylic oxidation sites excluding steroid dienone is 12. The van der Waals surface area contributed by atoms with Gasteiger partial charge in [-0.25, -0.2) is 0 Å². The number of nitrogens with zero attached hydrogens (tertiary/aromatic N) is 1. The van der Waals surface area contributed by atoms with Gasteiger partial charge in [-0.2, -0.15) is 0 Å². The SMILES string of the molecule is CC/C=C\C/C=C\C/C=C\CCCCCCCC(=O)OCC(COP(=O)([O-])OCC[N+](C)(C)C)OC(=O)CCCCCCCCCCCCCCCCCCCC/C=C\C/C=C\C/C=C\CCCCCCC. The van der Waals surface area contributed by atoms with E-state index in [4.69, 9.17) is 18.5 Å². The molecule has 0 heterocycles. The zero-order chi connectivity index (χ0) is 52.7. The number of phosphoric ester groups is 1. The van der Waals surface area contributed by atoms with E-state index in [0.29, 0.717) is 23.9 Å². The number of hydrogen-bond acceptors (Lipinski definition) is 8. The second kappa shape index (κ2) is 53.3. The largest absolute Gasteiger partial charge is 0.756 e. The Kier molecular flexibility index (Phi) is 51.4. The summed E-state index contributed by atoms with van der Waals surface area (Å²) in [4.78, 5) is 37.8. The average molecular weight is 1030 g/mol. The fourth-order valence-corrected chi connectivity index (χ4v) is 8.88. The number of rotatable bonds is 54. The van der Waals surface area contributed by atoms with Crippen molar-refractivity contribution >= 4 is 19.8 Å². The van der Waals surface area contributed by atoms with Gasteiger partial charge < -0.3 is 27.9 Å². The lowest BCUT2D eigenvalue weighted by molar-refractivity contribution is -0.870. The first kappa shape index (κ1) is 69.5. The van der Waals surface area contributed by atoms with Crippen LogP contribution in [0, 0.1) is 0 Å². The zero-order valence-electron chi connectivity index (χ0n) is 47.4. The monoisotopic (exact) mass is 1030 g/mol. The van der Waals surface area contributed by atoms with E-state index in [0.717, 1.165) is 83.5 Å². The first-order valence-corrected chi connectivity index (χ1v) is 31.1. The summed E-state index contributed by atoms with van der Waals surface area (Å²) in [5, 5.41) is 0. The molecule has 0 aromatic carbocycles. The second-order valence-corrected chi connectivity index (χ2v) is 22.4. The van der Waals surface area contributed by atoms with E-state index in [2.05, 4.69) is 86.8 Å². The summed E-state index contributed by atoms with van der Waals surface area (Å²) in [7, 11) is 1.15. The zero-order valence-corrected chi connectivity index (χ0v) is 48.3. The van der Waals surface area contributed by atoms with Gasteiger partial charge in [0.25, 0.3) is 7.82 Å². The topological polar surface area (TPSA) is 111 Å². The summed E-state index contributed by atoms with van der Waals surface area (Å²) in [6.45, 7) is 4.11. The van der Waals surface area contributed by atoms with Crippen molar-refractivity contribution in [2.75, 3.05) is 47.5 Å². The highest BCUT2D eigenvalue weighted by Gasteiger charge is 2.22. The number of esters is 2. The number of ether oxygens (including phenoxy) is 2. The molecule has 0 aliphatic heterocycles. The molecule has 0 bridgehead atoms. The van der Waals surface area contributed by atoms with Gasteiger partial charge in [0.05, 0.1) is 27.7 Å². The van der Waals surface area contributed by atoms with Crippen molar-refractivity contribution in [2.24, 2.45) is 0 Å². The fraction of sp³-hybridized carbons (Fsp3) is 0.774. The van der Waals surface area contributed by atoms with E-state index in [1.54, 1.807) is 0 Å². The molecule has 9 nitrogen and oxygen atoms in total. The summed E-state index contributed by atoms with van der Waals surface area (Å²) < 4.78 is 34.1. The minimum atomic E-state index is -4.64. The molecule has 0 saturated heterocycles. The van der Waals surface area contributed by atoms with Crippen molar-refractivity contribution < 1.29 is 42.1 Å². The van der Waals surface area contributed by atoms with Crippen molar-refractivity contribution in [3.05, 3.63) is 72.9 Å². The van der Waals surface area contributed by atoms with Gasteiger partial charge in [0.15, 0.2) is 6.10 Å². The number of hydrogen-bond donors (Lipinski definition) is 0. The van der Waals surface area contributed by atoms with Crippen LogP contribution < -0.4 is 4.89 Å². The summed E-state index contributed by atoms with van der Waals surface area (Å²) >= 11 is 0. The van der Waals surface area contributed by atoms with Gasteiger partial charge in [-0.1, -0.05) is 234 Å². The highest BCUT2D eigenvalue weighted by molar-refractivity contribution is 7.45. The Labute approximate surface area is 444 Å². The first-order chi connectivity index (χ1) is 35.0. The van der Waals surface area contributed by atoms with Gasteiger partial charge in [0.1, 0.15) is 19.8 Å². The van der Waals surface area contributed by atoms with Crippen molar-refractivity contribution in [1.82, 2.24) is 0 Å². The van der Waals surface area contributed by atoms with Crippen molar-refractivity contribution in [3.8, 4) is 0 Å². The van der Waals surface area contributed by atoms with E-state index in [-0.39, 0.29) is 26.1 Å². The van der Waals surface area contributed by atoms with Crippen LogP contribution in [0.1, 0.15) is 258 Å². The second-order valence-electron chi connectivity index (χ2n) is 21.0. The summed E-state index contributed by atoms with van der Waals surface area (Å²) in [5.41, 5.74) is 0. The normalized spacial score (nSPS) is 13.8. The Hall–Kier alpha value is -2.55. The molecule has 0 spiro atoms. The third kappa shape index (κ3) is 56.7. The van der Waals surface area contributed by atoms with E-state index < -0.39 is 32.5 Å². The smallest absolute Gasteiger partial charge is 0.306 e. The molecule has 0 aliphatic carbocycles. The maximum atomic E-state index is 12.8. The standard InChI is InChI=1S/C62H112NO8P/c1-6-8-10-12-14-16-18-20-22-23-24-25-26-27-28-29-30-31-32-33-34-35-36-37-38-39-41-43-45-47-49-51-53-55-62(65)71-60(59-70-72(66,67)69-57-56-63(3,4)5)58-68-61(64)54-52-50-48-46-44-42-40-21-19-17-15-13-11-9-7-2/h9,11,15,17-18,20-21,23-24,26-27,40,60H,6-8,10,12-14,16,19,22,25,28-39,41-59H2,1-5H3/b11-9-,17-15-,20-18-,24-23-,27-26-,40-21-. The molecular formula is C62H112NO8P. The highest BCUT2D eigenvalue weighted by atomic mass is 31.2. The minimum absolute atomic E-state index is 0.0355. The number of quaternary nitrogens is 1. The van der Waals surface area contributed by atoms with Crippen LogP contribution in [-0.2, 0) is 32.7 Å². The van der Waals surface area contributed by atoms with Crippen LogP contribution in [0.3, 0.4) is 0 Å². The van der Waals surface area contributed by atoms with Gasteiger partial charge in [-0.3, -0.25) is 14.2 Å².